The highest BCUT2D eigenvalue weighted by Crippen LogP contribution is 2.37. The molecule has 0 saturated carbocycles. The van der Waals surface area contributed by atoms with E-state index in [2.05, 4.69) is 26.3 Å². The molecule has 0 aliphatic heterocycles. The van der Waals surface area contributed by atoms with Crippen molar-refractivity contribution < 1.29 is 14.7 Å². The predicted molar refractivity (Wildman–Crippen MR) is 101 cm³/mol. The van der Waals surface area contributed by atoms with E-state index in [0.29, 0.717) is 4.88 Å². The molecule has 0 bridgehead atoms. The van der Waals surface area contributed by atoms with E-state index in [0.717, 1.165) is 10.0 Å². The molecule has 0 fully saturated rings. The van der Waals surface area contributed by atoms with Crippen molar-refractivity contribution in [1.82, 2.24) is 9.78 Å². The second kappa shape index (κ2) is 6.99. The van der Waals surface area contributed by atoms with Crippen LogP contribution in [0.25, 0.3) is 10.4 Å². The number of benzene rings is 1. The number of anilines is 1. The van der Waals surface area contributed by atoms with Crippen LogP contribution in [0.1, 0.15) is 20.7 Å². The van der Waals surface area contributed by atoms with Gasteiger partial charge in [-0.2, -0.15) is 5.10 Å². The van der Waals surface area contributed by atoms with E-state index in [1.54, 1.807) is 12.4 Å². The van der Waals surface area contributed by atoms with Crippen molar-refractivity contribution >= 4 is 56.4 Å². The Morgan fingerprint density at radius 3 is 2.56 bits per heavy atom. The first-order valence-electron chi connectivity index (χ1n) is 6.98. The topological polar surface area (TPSA) is 84.2 Å². The molecule has 6 nitrogen and oxygen atoms in total. The fraction of sp³-hybridized carbons (Fsp3) is 0.0625. The summed E-state index contributed by atoms with van der Waals surface area (Å²) in [6.45, 7) is 0. The highest BCUT2D eigenvalue weighted by atomic mass is 79.9. The Labute approximate surface area is 160 Å². The second-order valence-corrected chi connectivity index (χ2v) is 7.25. The van der Waals surface area contributed by atoms with Crippen LogP contribution < -0.4 is 5.32 Å². The number of nitrogens with one attached hydrogen (secondary N) is 1. The number of aromatic nitrogens is 2. The Morgan fingerprint density at radius 2 is 2.00 bits per heavy atom. The number of carbonyl (C=O) groups excluding carboxylic acids is 1. The van der Waals surface area contributed by atoms with Crippen LogP contribution in [0, 0.1) is 0 Å². The van der Waals surface area contributed by atoms with Crippen LogP contribution in [0.15, 0.2) is 40.3 Å². The SMILES string of the molecule is Cn1ncc(C(=O)Nc2csc(-c3ccc(Br)cc3)c2C(=O)O)c1Cl. The van der Waals surface area contributed by atoms with E-state index < -0.39 is 11.9 Å². The van der Waals surface area contributed by atoms with Crippen LogP contribution in [-0.4, -0.2) is 26.8 Å². The van der Waals surface area contributed by atoms with Crippen molar-refractivity contribution in [3.05, 3.63) is 56.6 Å². The monoisotopic (exact) mass is 439 g/mol. The molecule has 0 unspecified atom stereocenters. The van der Waals surface area contributed by atoms with Gasteiger partial charge in [-0.1, -0.05) is 39.7 Å². The number of thiophene rings is 1. The Balaban J connectivity index is 1.97. The molecule has 3 rings (SSSR count). The van der Waals surface area contributed by atoms with Crippen LogP contribution in [0.5, 0.6) is 0 Å². The van der Waals surface area contributed by atoms with Gasteiger partial charge in [-0.25, -0.2) is 4.79 Å². The van der Waals surface area contributed by atoms with Crippen molar-refractivity contribution in [2.75, 3.05) is 5.32 Å². The maximum Gasteiger partial charge on any atom is 0.339 e. The minimum absolute atomic E-state index is 0.0423. The molecule has 1 amide bonds. The van der Waals surface area contributed by atoms with Gasteiger partial charge in [-0.05, 0) is 17.7 Å². The number of amides is 1. The average molecular weight is 441 g/mol. The Bertz CT molecular complexity index is 966. The number of carbonyl (C=O) groups is 2. The molecule has 9 heteroatoms. The molecular weight excluding hydrogens is 430 g/mol. The minimum Gasteiger partial charge on any atom is -0.478 e. The molecule has 0 aliphatic carbocycles. The molecule has 0 radical (unpaired) electrons. The van der Waals surface area contributed by atoms with Gasteiger partial charge in [0, 0.05) is 16.9 Å². The lowest BCUT2D eigenvalue weighted by molar-refractivity contribution is 0.0699. The second-order valence-electron chi connectivity index (χ2n) is 5.09. The van der Waals surface area contributed by atoms with Gasteiger partial charge < -0.3 is 10.4 Å². The molecule has 2 N–H and O–H groups in total. The van der Waals surface area contributed by atoms with Gasteiger partial charge in [0.1, 0.15) is 10.7 Å². The van der Waals surface area contributed by atoms with Crippen molar-refractivity contribution in [2.45, 2.75) is 0 Å². The molecule has 0 aliphatic rings. The summed E-state index contributed by atoms with van der Waals surface area (Å²) in [5.74, 6) is -1.63. The number of aromatic carboxylic acids is 1. The zero-order chi connectivity index (χ0) is 18.1. The number of halogens is 2. The molecule has 0 saturated heterocycles. The van der Waals surface area contributed by atoms with Gasteiger partial charge in [-0.3, -0.25) is 9.48 Å². The van der Waals surface area contributed by atoms with Gasteiger partial charge in [-0.15, -0.1) is 11.3 Å². The number of aryl methyl sites for hydroxylation is 1. The lowest BCUT2D eigenvalue weighted by Gasteiger charge is -2.06. The molecule has 0 spiro atoms. The van der Waals surface area contributed by atoms with Crippen LogP contribution in [-0.2, 0) is 7.05 Å². The smallest absolute Gasteiger partial charge is 0.339 e. The third kappa shape index (κ3) is 3.46. The largest absolute Gasteiger partial charge is 0.478 e. The van der Waals surface area contributed by atoms with Crippen molar-refractivity contribution in [2.24, 2.45) is 7.05 Å². The summed E-state index contributed by atoms with van der Waals surface area (Å²) in [5.41, 5.74) is 1.20. The van der Waals surface area contributed by atoms with E-state index in [-0.39, 0.29) is 22.0 Å². The number of hydrogen-bond donors (Lipinski definition) is 2. The Morgan fingerprint density at radius 1 is 1.32 bits per heavy atom. The number of carboxylic acid groups (broad SMARTS) is 1. The fourth-order valence-corrected chi connectivity index (χ4v) is 3.68. The standard InChI is InChI=1S/C16H11BrClN3O3S/c1-21-14(18)10(6-19-21)15(22)20-11-7-25-13(12(11)16(23)24)8-2-4-9(17)5-3-8/h2-7H,1H3,(H,20,22)(H,23,24). The Hall–Kier alpha value is -2.16. The summed E-state index contributed by atoms with van der Waals surface area (Å²) in [6.07, 6.45) is 1.33. The molecule has 3 aromatic rings. The zero-order valence-electron chi connectivity index (χ0n) is 12.8. The molecular formula is C16H11BrClN3O3S. The lowest BCUT2D eigenvalue weighted by Crippen LogP contribution is -2.14. The predicted octanol–water partition coefficient (Wildman–Crippen LogP) is 4.52. The summed E-state index contributed by atoms with van der Waals surface area (Å²) in [6, 6.07) is 7.28. The van der Waals surface area contributed by atoms with E-state index in [1.807, 2.05) is 24.3 Å². The molecule has 2 heterocycles. The van der Waals surface area contributed by atoms with Crippen LogP contribution in [0.2, 0.25) is 5.15 Å². The van der Waals surface area contributed by atoms with Gasteiger partial charge in [0.05, 0.1) is 22.3 Å². The highest BCUT2D eigenvalue weighted by Gasteiger charge is 2.23. The van der Waals surface area contributed by atoms with Crippen molar-refractivity contribution in [3.63, 3.8) is 0 Å². The maximum atomic E-state index is 12.4. The van der Waals surface area contributed by atoms with E-state index >= 15 is 0 Å². The summed E-state index contributed by atoms with van der Waals surface area (Å²) in [7, 11) is 1.61. The van der Waals surface area contributed by atoms with Crippen LogP contribution >= 0.6 is 38.9 Å². The lowest BCUT2D eigenvalue weighted by atomic mass is 10.1. The Kier molecular flexibility index (Phi) is 4.94. The third-order valence-corrected chi connectivity index (χ3v) is 5.48. The first-order chi connectivity index (χ1) is 11.9. The zero-order valence-corrected chi connectivity index (χ0v) is 15.9. The quantitative estimate of drug-likeness (QED) is 0.625. The van der Waals surface area contributed by atoms with Crippen molar-refractivity contribution in [3.8, 4) is 10.4 Å². The van der Waals surface area contributed by atoms with E-state index in [4.69, 9.17) is 11.6 Å². The summed E-state index contributed by atoms with van der Waals surface area (Å²) < 4.78 is 2.25. The first-order valence-corrected chi connectivity index (χ1v) is 9.03. The van der Waals surface area contributed by atoms with E-state index in [1.165, 1.54) is 22.2 Å². The summed E-state index contributed by atoms with van der Waals surface area (Å²) in [4.78, 5) is 24.7. The van der Waals surface area contributed by atoms with Crippen LogP contribution in [0.4, 0.5) is 5.69 Å². The molecule has 128 valence electrons. The number of nitrogens with zero attached hydrogens (tertiary/aromatic N) is 2. The van der Waals surface area contributed by atoms with Gasteiger partial charge in [0.15, 0.2) is 0 Å². The average Bonchev–Trinajstić information content (AvgIpc) is 3.12. The highest BCUT2D eigenvalue weighted by molar-refractivity contribution is 9.10. The fourth-order valence-electron chi connectivity index (χ4n) is 2.24. The third-order valence-electron chi connectivity index (χ3n) is 3.47. The van der Waals surface area contributed by atoms with Gasteiger partial charge >= 0.3 is 5.97 Å². The van der Waals surface area contributed by atoms with Crippen molar-refractivity contribution in [1.29, 1.82) is 0 Å². The minimum atomic E-state index is -1.12. The van der Waals surface area contributed by atoms with E-state index in [9.17, 15) is 14.7 Å². The summed E-state index contributed by atoms with van der Waals surface area (Å²) in [5, 5.41) is 17.9. The molecule has 2 aromatic heterocycles. The summed E-state index contributed by atoms with van der Waals surface area (Å²) >= 11 is 10.6. The molecule has 1 aromatic carbocycles. The number of carboxylic acids is 1. The van der Waals surface area contributed by atoms with Gasteiger partial charge in [0.25, 0.3) is 5.91 Å². The molecule has 0 atom stereocenters. The number of hydrogen-bond acceptors (Lipinski definition) is 4. The van der Waals surface area contributed by atoms with Gasteiger partial charge in [0.2, 0.25) is 0 Å². The molecule has 25 heavy (non-hydrogen) atoms. The maximum absolute atomic E-state index is 12.4. The van der Waals surface area contributed by atoms with Crippen LogP contribution in [0.3, 0.4) is 0 Å². The first kappa shape index (κ1) is 17.7. The number of rotatable bonds is 4. The normalized spacial score (nSPS) is 10.7.